The molecule has 0 saturated carbocycles. The number of nitrogens with two attached hydrogens (primary N) is 1. The molecule has 1 heterocycles. The van der Waals surface area contributed by atoms with Gasteiger partial charge in [-0.25, -0.2) is 0 Å². The van der Waals surface area contributed by atoms with E-state index < -0.39 is 0 Å². The van der Waals surface area contributed by atoms with E-state index in [0.29, 0.717) is 5.69 Å². The van der Waals surface area contributed by atoms with Crippen LogP contribution < -0.4 is 5.73 Å². The average Bonchev–Trinajstić information content (AvgIpc) is 2.35. The summed E-state index contributed by atoms with van der Waals surface area (Å²) >= 11 is 0. The van der Waals surface area contributed by atoms with E-state index in [1.807, 2.05) is 0 Å². The van der Waals surface area contributed by atoms with Crippen LogP contribution in [0.5, 0.6) is 0 Å². The van der Waals surface area contributed by atoms with E-state index >= 15 is 0 Å². The van der Waals surface area contributed by atoms with E-state index in [0.717, 1.165) is 0 Å². The van der Waals surface area contributed by atoms with Crippen LogP contribution in [0.15, 0.2) is 12.4 Å². The van der Waals surface area contributed by atoms with Gasteiger partial charge in [-0.3, -0.25) is 9.48 Å². The van der Waals surface area contributed by atoms with Gasteiger partial charge in [0.25, 0.3) is 0 Å². The van der Waals surface area contributed by atoms with Crippen LogP contribution in [-0.2, 0) is 11.3 Å². The number of carbonyl (C=O) groups excluding carboxylic acids is 1. The van der Waals surface area contributed by atoms with Gasteiger partial charge in [-0.1, -0.05) is 0 Å². The zero-order chi connectivity index (χ0) is 9.14. The lowest BCUT2D eigenvalue weighted by molar-refractivity contribution is -0.129. The summed E-state index contributed by atoms with van der Waals surface area (Å²) in [5, 5.41) is 3.88. The molecule has 5 nitrogen and oxygen atoms in total. The smallest absolute Gasteiger partial charge is 0.243 e. The first kappa shape index (κ1) is 8.58. The molecule has 0 radical (unpaired) electrons. The van der Waals surface area contributed by atoms with Crippen molar-refractivity contribution in [3.63, 3.8) is 0 Å². The molecule has 5 heteroatoms. The molecule has 0 aliphatic heterocycles. The molecule has 2 N–H and O–H groups in total. The van der Waals surface area contributed by atoms with Gasteiger partial charge in [-0.15, -0.1) is 0 Å². The summed E-state index contributed by atoms with van der Waals surface area (Å²) in [6, 6.07) is 0. The topological polar surface area (TPSA) is 64.2 Å². The Morgan fingerprint density at radius 3 is 2.83 bits per heavy atom. The Labute approximate surface area is 70.8 Å². The van der Waals surface area contributed by atoms with Crippen molar-refractivity contribution in [3.8, 4) is 0 Å². The van der Waals surface area contributed by atoms with Gasteiger partial charge < -0.3 is 10.6 Å². The number of hydrogen-bond acceptors (Lipinski definition) is 3. The summed E-state index contributed by atoms with van der Waals surface area (Å²) < 4.78 is 1.51. The third-order valence-electron chi connectivity index (χ3n) is 1.45. The van der Waals surface area contributed by atoms with Crippen LogP contribution in [0.2, 0.25) is 0 Å². The van der Waals surface area contributed by atoms with Gasteiger partial charge in [0.15, 0.2) is 0 Å². The number of likely N-dealkylation sites (N-methyl/N-ethyl adjacent to an activating group) is 1. The van der Waals surface area contributed by atoms with Gasteiger partial charge in [-0.2, -0.15) is 5.10 Å². The SMILES string of the molecule is CN(C)C(=O)Cn1cc(N)cn1. The average molecular weight is 168 g/mol. The van der Waals surface area contributed by atoms with E-state index in [1.165, 1.54) is 15.8 Å². The van der Waals surface area contributed by atoms with Crippen LogP contribution >= 0.6 is 0 Å². The van der Waals surface area contributed by atoms with Crippen molar-refractivity contribution in [2.24, 2.45) is 0 Å². The highest BCUT2D eigenvalue weighted by Gasteiger charge is 2.04. The Kier molecular flexibility index (Phi) is 2.32. The van der Waals surface area contributed by atoms with Gasteiger partial charge in [0, 0.05) is 20.3 Å². The van der Waals surface area contributed by atoms with Crippen molar-refractivity contribution in [3.05, 3.63) is 12.4 Å². The fourth-order valence-corrected chi connectivity index (χ4v) is 0.746. The zero-order valence-corrected chi connectivity index (χ0v) is 7.19. The number of hydrogen-bond donors (Lipinski definition) is 1. The molecule has 1 aromatic rings. The van der Waals surface area contributed by atoms with Gasteiger partial charge >= 0.3 is 0 Å². The Balaban J connectivity index is 2.58. The monoisotopic (exact) mass is 168 g/mol. The maximum Gasteiger partial charge on any atom is 0.243 e. The van der Waals surface area contributed by atoms with Crippen LogP contribution in [0.4, 0.5) is 5.69 Å². The number of amides is 1. The van der Waals surface area contributed by atoms with E-state index in [9.17, 15) is 4.79 Å². The number of aromatic nitrogens is 2. The van der Waals surface area contributed by atoms with Gasteiger partial charge in [0.05, 0.1) is 11.9 Å². The number of nitrogens with zero attached hydrogens (tertiary/aromatic N) is 3. The minimum absolute atomic E-state index is 0.00176. The summed E-state index contributed by atoms with van der Waals surface area (Å²) in [5.74, 6) is -0.00176. The molecular weight excluding hydrogens is 156 g/mol. The molecule has 0 bridgehead atoms. The second-order valence-electron chi connectivity index (χ2n) is 2.76. The van der Waals surface area contributed by atoms with Crippen molar-refractivity contribution < 1.29 is 4.79 Å². The molecule has 0 aliphatic carbocycles. The summed E-state index contributed by atoms with van der Waals surface area (Å²) in [6.45, 7) is 0.240. The van der Waals surface area contributed by atoms with E-state index in [2.05, 4.69) is 5.10 Å². The van der Waals surface area contributed by atoms with E-state index in [4.69, 9.17) is 5.73 Å². The molecule has 66 valence electrons. The molecule has 0 aliphatic rings. The quantitative estimate of drug-likeness (QED) is 0.650. The molecule has 1 aromatic heterocycles. The summed E-state index contributed by atoms with van der Waals surface area (Å²) in [5.41, 5.74) is 5.99. The van der Waals surface area contributed by atoms with Gasteiger partial charge in [0.2, 0.25) is 5.91 Å². The number of rotatable bonds is 2. The molecule has 1 rings (SSSR count). The minimum Gasteiger partial charge on any atom is -0.396 e. The molecular formula is C7H12N4O. The summed E-state index contributed by atoms with van der Waals surface area (Å²) in [7, 11) is 3.41. The first-order valence-electron chi connectivity index (χ1n) is 3.57. The fourth-order valence-electron chi connectivity index (χ4n) is 0.746. The second-order valence-corrected chi connectivity index (χ2v) is 2.76. The van der Waals surface area contributed by atoms with Crippen LogP contribution in [0.3, 0.4) is 0 Å². The Morgan fingerprint density at radius 2 is 2.42 bits per heavy atom. The summed E-state index contributed by atoms with van der Waals surface area (Å²) in [6.07, 6.45) is 3.14. The first-order chi connectivity index (χ1) is 5.59. The van der Waals surface area contributed by atoms with Gasteiger partial charge in [0.1, 0.15) is 6.54 Å². The highest BCUT2D eigenvalue weighted by molar-refractivity contribution is 5.75. The van der Waals surface area contributed by atoms with Gasteiger partial charge in [-0.05, 0) is 0 Å². The third kappa shape index (κ3) is 1.98. The largest absolute Gasteiger partial charge is 0.396 e. The minimum atomic E-state index is -0.00176. The standard InChI is InChI=1S/C7H12N4O/c1-10(2)7(12)5-11-4-6(8)3-9-11/h3-4H,5,8H2,1-2H3. The predicted molar refractivity (Wildman–Crippen MR) is 45.3 cm³/mol. The maximum atomic E-state index is 11.1. The fraction of sp³-hybridized carbons (Fsp3) is 0.429. The van der Waals surface area contributed by atoms with Crippen LogP contribution in [0.1, 0.15) is 0 Å². The van der Waals surface area contributed by atoms with Crippen molar-refractivity contribution in [1.29, 1.82) is 0 Å². The molecule has 0 unspecified atom stereocenters. The van der Waals surface area contributed by atoms with Crippen molar-refractivity contribution in [2.45, 2.75) is 6.54 Å². The normalized spacial score (nSPS) is 9.83. The third-order valence-corrected chi connectivity index (χ3v) is 1.45. The molecule has 12 heavy (non-hydrogen) atoms. The Morgan fingerprint density at radius 1 is 1.75 bits per heavy atom. The molecule has 0 spiro atoms. The molecule has 0 atom stereocenters. The molecule has 0 saturated heterocycles. The highest BCUT2D eigenvalue weighted by atomic mass is 16.2. The van der Waals surface area contributed by atoms with Crippen LogP contribution in [0, 0.1) is 0 Å². The maximum absolute atomic E-state index is 11.1. The van der Waals surface area contributed by atoms with Crippen LogP contribution in [0.25, 0.3) is 0 Å². The number of carbonyl (C=O) groups is 1. The number of nitrogen functional groups attached to an aromatic ring is 1. The highest BCUT2D eigenvalue weighted by Crippen LogP contribution is 1.97. The van der Waals surface area contributed by atoms with Crippen molar-refractivity contribution in [1.82, 2.24) is 14.7 Å². The van der Waals surface area contributed by atoms with Crippen LogP contribution in [-0.4, -0.2) is 34.7 Å². The number of anilines is 1. The Bertz CT molecular complexity index is 279. The lowest BCUT2D eigenvalue weighted by Crippen LogP contribution is -2.26. The lowest BCUT2D eigenvalue weighted by atomic mass is 10.5. The molecule has 1 amide bonds. The summed E-state index contributed by atoms with van der Waals surface area (Å²) in [4.78, 5) is 12.7. The van der Waals surface area contributed by atoms with Crippen molar-refractivity contribution in [2.75, 3.05) is 19.8 Å². The second kappa shape index (κ2) is 3.25. The molecule has 0 aromatic carbocycles. The van der Waals surface area contributed by atoms with E-state index in [-0.39, 0.29) is 12.5 Å². The lowest BCUT2D eigenvalue weighted by Gasteiger charge is -2.09. The molecule has 0 fully saturated rings. The van der Waals surface area contributed by atoms with E-state index in [1.54, 1.807) is 20.3 Å². The Hall–Kier alpha value is -1.52. The predicted octanol–water partition coefficient (Wildman–Crippen LogP) is -0.447. The zero-order valence-electron chi connectivity index (χ0n) is 7.19. The van der Waals surface area contributed by atoms with Crippen molar-refractivity contribution >= 4 is 11.6 Å². The first-order valence-corrected chi connectivity index (χ1v) is 3.57.